The van der Waals surface area contributed by atoms with E-state index < -0.39 is 0 Å². The highest BCUT2D eigenvalue weighted by Crippen LogP contribution is 2.23. The summed E-state index contributed by atoms with van der Waals surface area (Å²) in [5.41, 5.74) is 2.65. The maximum atomic E-state index is 4.48. The molecule has 5 heterocycles. The van der Waals surface area contributed by atoms with Crippen LogP contribution in [-0.4, -0.2) is 65.4 Å². The molecule has 0 N–H and O–H groups in total. The number of hydrogen-bond acceptors (Lipinski definition) is 8. The largest absolute Gasteiger partial charge is 0.353 e. The minimum atomic E-state index is 0.770. The molecule has 10 heteroatoms. The molecule has 1 saturated heterocycles. The summed E-state index contributed by atoms with van der Waals surface area (Å²) < 4.78 is 3.69. The second-order valence-corrected chi connectivity index (χ2v) is 6.84. The minimum Gasteiger partial charge on any atom is -0.353 e. The van der Waals surface area contributed by atoms with Crippen molar-refractivity contribution in [3.8, 4) is 5.82 Å². The third-order valence-corrected chi connectivity index (χ3v) is 4.98. The predicted octanol–water partition coefficient (Wildman–Crippen LogP) is 0.974. The van der Waals surface area contributed by atoms with Gasteiger partial charge in [0.05, 0.1) is 12.0 Å². The topological polar surface area (TPSA) is 93.7 Å². The van der Waals surface area contributed by atoms with Gasteiger partial charge < -0.3 is 14.4 Å². The van der Waals surface area contributed by atoms with Crippen LogP contribution in [0.2, 0.25) is 0 Å². The first-order valence-electron chi connectivity index (χ1n) is 9.15. The lowest BCUT2D eigenvalue weighted by Gasteiger charge is -2.36. The third-order valence-electron chi connectivity index (χ3n) is 4.98. The van der Waals surface area contributed by atoms with Crippen molar-refractivity contribution in [2.75, 3.05) is 36.0 Å². The molecule has 4 aromatic heterocycles. The number of nitrogens with zero attached hydrogens (tertiary/aromatic N) is 10. The second-order valence-electron chi connectivity index (χ2n) is 6.84. The van der Waals surface area contributed by atoms with Crippen molar-refractivity contribution >= 4 is 22.8 Å². The fourth-order valence-corrected chi connectivity index (χ4v) is 3.49. The molecule has 142 valence electrons. The first kappa shape index (κ1) is 16.6. The van der Waals surface area contributed by atoms with E-state index in [1.54, 1.807) is 23.7 Å². The zero-order chi connectivity index (χ0) is 19.1. The Labute approximate surface area is 161 Å². The number of piperazine rings is 1. The maximum absolute atomic E-state index is 4.48. The average molecular weight is 376 g/mol. The van der Waals surface area contributed by atoms with E-state index in [9.17, 15) is 0 Å². The molecule has 0 spiro atoms. The molecule has 1 fully saturated rings. The maximum Gasteiger partial charge on any atom is 0.165 e. The summed E-state index contributed by atoms with van der Waals surface area (Å²) in [5, 5.41) is 4.43. The van der Waals surface area contributed by atoms with Crippen LogP contribution in [0, 0.1) is 6.92 Å². The van der Waals surface area contributed by atoms with Crippen LogP contribution in [0.1, 0.15) is 5.69 Å². The van der Waals surface area contributed by atoms with Crippen LogP contribution in [0.4, 0.5) is 11.6 Å². The number of fused-ring (bicyclic) bond motifs is 1. The van der Waals surface area contributed by atoms with Gasteiger partial charge in [-0.25, -0.2) is 29.6 Å². The molecule has 0 bridgehead atoms. The van der Waals surface area contributed by atoms with E-state index in [4.69, 9.17) is 0 Å². The quantitative estimate of drug-likeness (QED) is 0.522. The SMILES string of the molecule is Cc1ccn(-c2cc(N3CCN(c4ncnc5c4ncn5C)CC3)ncn2)n1. The van der Waals surface area contributed by atoms with Crippen molar-refractivity contribution in [1.29, 1.82) is 0 Å². The van der Waals surface area contributed by atoms with Crippen molar-refractivity contribution < 1.29 is 0 Å². The lowest BCUT2D eigenvalue weighted by atomic mass is 10.3. The minimum absolute atomic E-state index is 0.770. The molecule has 4 aromatic rings. The van der Waals surface area contributed by atoms with Gasteiger partial charge in [0.2, 0.25) is 0 Å². The highest BCUT2D eigenvalue weighted by molar-refractivity contribution is 5.83. The van der Waals surface area contributed by atoms with E-state index >= 15 is 0 Å². The van der Waals surface area contributed by atoms with E-state index in [0.29, 0.717) is 0 Å². The van der Waals surface area contributed by atoms with Gasteiger partial charge in [0.25, 0.3) is 0 Å². The van der Waals surface area contributed by atoms with Crippen molar-refractivity contribution in [1.82, 2.24) is 39.3 Å². The van der Waals surface area contributed by atoms with Gasteiger partial charge in [-0.3, -0.25) is 0 Å². The Morgan fingerprint density at radius 2 is 1.61 bits per heavy atom. The molecular formula is C18H20N10. The highest BCUT2D eigenvalue weighted by Gasteiger charge is 2.22. The summed E-state index contributed by atoms with van der Waals surface area (Å²) in [6, 6.07) is 3.93. The highest BCUT2D eigenvalue weighted by atomic mass is 15.3. The number of imidazole rings is 1. The van der Waals surface area contributed by atoms with Crippen LogP contribution in [0.5, 0.6) is 0 Å². The van der Waals surface area contributed by atoms with Gasteiger partial charge in [-0.1, -0.05) is 0 Å². The summed E-state index contributed by atoms with van der Waals surface area (Å²) in [7, 11) is 1.94. The molecule has 5 rings (SSSR count). The van der Waals surface area contributed by atoms with Crippen LogP contribution >= 0.6 is 0 Å². The van der Waals surface area contributed by atoms with Gasteiger partial charge in [-0.05, 0) is 13.0 Å². The predicted molar refractivity (Wildman–Crippen MR) is 105 cm³/mol. The average Bonchev–Trinajstić information content (AvgIpc) is 3.34. The standard InChI is InChI=1S/C18H20N10/c1-13-3-4-28(24-13)15-9-14(19-10-20-15)26-5-7-27(8-6-26)18-16-17(21-11-22-18)25(2)12-23-16/h3-4,9-12H,5-8H2,1-2H3. The molecule has 0 saturated carbocycles. The van der Waals surface area contributed by atoms with E-state index in [1.165, 1.54) is 0 Å². The molecule has 0 unspecified atom stereocenters. The summed E-state index contributed by atoms with van der Waals surface area (Å²) in [6.45, 7) is 5.31. The Balaban J connectivity index is 1.35. The van der Waals surface area contributed by atoms with Gasteiger partial charge in [0.1, 0.15) is 18.5 Å². The van der Waals surface area contributed by atoms with Crippen LogP contribution in [0.3, 0.4) is 0 Å². The Bertz CT molecular complexity index is 1120. The smallest absolute Gasteiger partial charge is 0.165 e. The number of rotatable bonds is 3. The molecule has 0 amide bonds. The fraction of sp³-hybridized carbons (Fsp3) is 0.333. The molecule has 0 radical (unpaired) electrons. The van der Waals surface area contributed by atoms with Gasteiger partial charge in [0, 0.05) is 45.5 Å². The first-order chi connectivity index (χ1) is 13.7. The molecule has 0 aromatic carbocycles. The third kappa shape index (κ3) is 2.82. The van der Waals surface area contributed by atoms with E-state index in [2.05, 4.69) is 39.8 Å². The molecule has 28 heavy (non-hydrogen) atoms. The summed E-state index contributed by atoms with van der Waals surface area (Å²) in [6.07, 6.45) is 6.88. The Morgan fingerprint density at radius 1 is 0.857 bits per heavy atom. The fourth-order valence-electron chi connectivity index (χ4n) is 3.49. The zero-order valence-corrected chi connectivity index (χ0v) is 15.8. The normalized spacial score (nSPS) is 14.8. The van der Waals surface area contributed by atoms with Crippen molar-refractivity contribution in [2.45, 2.75) is 6.92 Å². The monoisotopic (exact) mass is 376 g/mol. The summed E-state index contributed by atoms with van der Waals surface area (Å²) in [4.78, 5) is 26.6. The van der Waals surface area contributed by atoms with Crippen molar-refractivity contribution in [3.63, 3.8) is 0 Å². The van der Waals surface area contributed by atoms with E-state index in [1.807, 2.05) is 36.9 Å². The van der Waals surface area contributed by atoms with Crippen molar-refractivity contribution in [3.05, 3.63) is 43.0 Å². The number of anilines is 2. The Morgan fingerprint density at radius 3 is 2.39 bits per heavy atom. The van der Waals surface area contributed by atoms with Gasteiger partial charge >= 0.3 is 0 Å². The second kappa shape index (κ2) is 6.55. The molecular weight excluding hydrogens is 356 g/mol. The molecule has 1 aliphatic heterocycles. The molecule has 0 atom stereocenters. The number of aromatic nitrogens is 8. The van der Waals surface area contributed by atoms with Crippen LogP contribution in [0.25, 0.3) is 17.0 Å². The molecule has 10 nitrogen and oxygen atoms in total. The molecule has 0 aliphatic carbocycles. The Hall–Kier alpha value is -3.56. The number of hydrogen-bond donors (Lipinski definition) is 0. The lowest BCUT2D eigenvalue weighted by molar-refractivity contribution is 0.641. The van der Waals surface area contributed by atoms with Gasteiger partial charge in [0.15, 0.2) is 22.8 Å². The Kier molecular flexibility index (Phi) is 3.89. The lowest BCUT2D eigenvalue weighted by Crippen LogP contribution is -2.47. The van der Waals surface area contributed by atoms with Crippen LogP contribution in [0.15, 0.2) is 37.3 Å². The van der Waals surface area contributed by atoms with E-state index in [0.717, 1.165) is 60.5 Å². The van der Waals surface area contributed by atoms with Gasteiger partial charge in [-0.2, -0.15) is 5.10 Å². The summed E-state index contributed by atoms with van der Waals surface area (Å²) in [5.74, 6) is 2.57. The van der Waals surface area contributed by atoms with Gasteiger partial charge in [-0.15, -0.1) is 0 Å². The molecule has 1 aliphatic rings. The number of aryl methyl sites for hydroxylation is 2. The van der Waals surface area contributed by atoms with E-state index in [-0.39, 0.29) is 0 Å². The van der Waals surface area contributed by atoms with Crippen molar-refractivity contribution in [2.24, 2.45) is 7.05 Å². The first-order valence-corrected chi connectivity index (χ1v) is 9.15. The van der Waals surface area contributed by atoms with Crippen LogP contribution in [-0.2, 0) is 7.05 Å². The summed E-state index contributed by atoms with van der Waals surface area (Å²) >= 11 is 0. The van der Waals surface area contributed by atoms with Crippen LogP contribution < -0.4 is 9.80 Å². The zero-order valence-electron chi connectivity index (χ0n) is 15.8.